The number of ether oxygens (including phenoxy) is 2. The molecule has 0 saturated heterocycles. The van der Waals surface area contributed by atoms with Gasteiger partial charge in [0.1, 0.15) is 5.75 Å². The smallest absolute Gasteiger partial charge is 0.478 e. The summed E-state index contributed by atoms with van der Waals surface area (Å²) in [6.07, 6.45) is 2.34. The summed E-state index contributed by atoms with van der Waals surface area (Å²) in [6.45, 7) is 5.80. The minimum absolute atomic E-state index is 0.111. The number of hydrogen-bond donors (Lipinski definition) is 1. The van der Waals surface area contributed by atoms with Crippen molar-refractivity contribution in [2.75, 3.05) is 26.6 Å². The highest BCUT2D eigenvalue weighted by molar-refractivity contribution is 7.48. The molecule has 0 heterocycles. The van der Waals surface area contributed by atoms with Crippen molar-refractivity contribution in [1.29, 1.82) is 0 Å². The highest BCUT2D eigenvalue weighted by atomic mass is 31.2. The molecule has 2 rings (SSSR count). The van der Waals surface area contributed by atoms with Crippen LogP contribution in [0.4, 0.5) is 0 Å². The van der Waals surface area contributed by atoms with Crippen molar-refractivity contribution >= 4 is 19.8 Å². The zero-order valence-corrected chi connectivity index (χ0v) is 19.3. The standard InChI is InChI=1S/C21H31O9P/c1-5-26-20(24)12-29-31(25,28-11-19(22)23)30-13-27-21-17(14(2)3)7-6-8-18(21)15(4)16-9-10-16/h6-8,14-16H,5,9-13H2,1-4H3,(H,22,23)/t15-,31?/m1/s1. The van der Waals surface area contributed by atoms with Crippen LogP contribution in [0.5, 0.6) is 5.75 Å². The van der Waals surface area contributed by atoms with E-state index in [1.54, 1.807) is 6.92 Å². The van der Waals surface area contributed by atoms with Crippen LogP contribution >= 0.6 is 7.82 Å². The van der Waals surface area contributed by atoms with Crippen molar-refractivity contribution in [3.63, 3.8) is 0 Å². The molecule has 174 valence electrons. The van der Waals surface area contributed by atoms with Crippen molar-refractivity contribution < 1.29 is 42.3 Å². The Hall–Kier alpha value is -1.93. The van der Waals surface area contributed by atoms with Crippen molar-refractivity contribution in [2.45, 2.75) is 52.4 Å². The second kappa shape index (κ2) is 11.6. The number of benzene rings is 1. The molecule has 1 saturated carbocycles. The number of para-hydroxylation sites is 1. The van der Waals surface area contributed by atoms with Crippen LogP contribution in [0, 0.1) is 5.92 Å². The van der Waals surface area contributed by atoms with Gasteiger partial charge in [-0.25, -0.2) is 18.7 Å². The van der Waals surface area contributed by atoms with Gasteiger partial charge in [0, 0.05) is 0 Å². The molecular formula is C21H31O9P. The predicted molar refractivity (Wildman–Crippen MR) is 112 cm³/mol. The van der Waals surface area contributed by atoms with Crippen molar-refractivity contribution in [2.24, 2.45) is 5.92 Å². The van der Waals surface area contributed by atoms with E-state index in [4.69, 9.17) is 28.2 Å². The molecule has 1 aromatic rings. The molecule has 9 nitrogen and oxygen atoms in total. The average Bonchev–Trinajstić information content (AvgIpc) is 3.56. The van der Waals surface area contributed by atoms with Crippen LogP contribution in [0.2, 0.25) is 0 Å². The summed E-state index contributed by atoms with van der Waals surface area (Å²) in [5.41, 5.74) is 2.01. The number of aliphatic carboxylic acids is 1. The van der Waals surface area contributed by atoms with Crippen molar-refractivity contribution in [3.8, 4) is 5.75 Å². The SMILES string of the molecule is CCOC(=O)COP(=O)(OCOc1c(C(C)C)cccc1[C@H](C)C1CC1)OCC(=O)O. The first-order valence-corrected chi connectivity index (χ1v) is 11.8. The Morgan fingerprint density at radius 1 is 1.10 bits per heavy atom. The van der Waals surface area contributed by atoms with Gasteiger partial charge in [-0.1, -0.05) is 39.0 Å². The molecule has 1 aliphatic rings. The van der Waals surface area contributed by atoms with E-state index in [1.807, 2.05) is 32.0 Å². The minimum Gasteiger partial charge on any atom is -0.480 e. The first-order valence-electron chi connectivity index (χ1n) is 10.3. The lowest BCUT2D eigenvalue weighted by Crippen LogP contribution is -2.16. The lowest BCUT2D eigenvalue weighted by atomic mass is 9.90. The third-order valence-electron chi connectivity index (χ3n) is 4.92. The van der Waals surface area contributed by atoms with Crippen LogP contribution in [0.25, 0.3) is 0 Å². The summed E-state index contributed by atoms with van der Waals surface area (Å²) in [5.74, 6) is -0.428. The molecular weight excluding hydrogens is 427 g/mol. The summed E-state index contributed by atoms with van der Waals surface area (Å²) < 4.78 is 38.2. The monoisotopic (exact) mass is 458 g/mol. The molecule has 0 amide bonds. The van der Waals surface area contributed by atoms with Gasteiger partial charge in [0.25, 0.3) is 0 Å². The fraction of sp³-hybridized carbons (Fsp3) is 0.619. The van der Waals surface area contributed by atoms with Crippen LogP contribution in [0.1, 0.15) is 63.5 Å². The number of carboxylic acids is 1. The van der Waals surface area contributed by atoms with Crippen molar-refractivity contribution in [3.05, 3.63) is 29.3 Å². The van der Waals surface area contributed by atoms with E-state index in [0.717, 1.165) is 11.1 Å². The molecule has 0 bridgehead atoms. The Kier molecular flexibility index (Phi) is 9.50. The fourth-order valence-corrected chi connectivity index (χ4v) is 4.07. The Morgan fingerprint density at radius 3 is 2.32 bits per heavy atom. The third kappa shape index (κ3) is 7.92. The van der Waals surface area contributed by atoms with Gasteiger partial charge in [-0.05, 0) is 48.6 Å². The second-order valence-corrected chi connectivity index (χ2v) is 9.30. The predicted octanol–water partition coefficient (Wildman–Crippen LogP) is 4.47. The minimum atomic E-state index is -4.38. The molecule has 1 aromatic carbocycles. The third-order valence-corrected chi connectivity index (χ3v) is 6.24. The van der Waals surface area contributed by atoms with E-state index in [-0.39, 0.29) is 12.5 Å². The van der Waals surface area contributed by atoms with E-state index < -0.39 is 39.8 Å². The van der Waals surface area contributed by atoms with Gasteiger partial charge < -0.3 is 14.6 Å². The molecule has 1 unspecified atom stereocenters. The van der Waals surface area contributed by atoms with Crippen LogP contribution in [-0.4, -0.2) is 43.7 Å². The Balaban J connectivity index is 2.11. The lowest BCUT2D eigenvalue weighted by Gasteiger charge is -2.22. The molecule has 1 aliphatic carbocycles. The van der Waals surface area contributed by atoms with Gasteiger partial charge in [0.2, 0.25) is 0 Å². The number of rotatable bonds is 14. The Morgan fingerprint density at radius 2 is 1.74 bits per heavy atom. The van der Waals surface area contributed by atoms with Gasteiger partial charge in [-0.2, -0.15) is 0 Å². The number of phosphoric acid groups is 1. The fourth-order valence-electron chi connectivity index (χ4n) is 3.13. The number of carboxylic acid groups (broad SMARTS) is 1. The van der Waals surface area contributed by atoms with E-state index in [2.05, 4.69) is 6.92 Å². The second-order valence-electron chi connectivity index (χ2n) is 7.63. The number of esters is 1. The van der Waals surface area contributed by atoms with Gasteiger partial charge in [0.05, 0.1) is 6.61 Å². The van der Waals surface area contributed by atoms with Crippen LogP contribution in [-0.2, 0) is 32.5 Å². The number of carbonyl (C=O) groups excluding carboxylic acids is 1. The van der Waals surface area contributed by atoms with E-state index in [0.29, 0.717) is 17.6 Å². The van der Waals surface area contributed by atoms with Crippen molar-refractivity contribution in [1.82, 2.24) is 0 Å². The van der Waals surface area contributed by atoms with E-state index in [9.17, 15) is 14.2 Å². The summed E-state index contributed by atoms with van der Waals surface area (Å²) in [7, 11) is -4.38. The molecule has 1 N–H and O–H groups in total. The largest absolute Gasteiger partial charge is 0.480 e. The molecule has 0 radical (unpaired) electrons. The summed E-state index contributed by atoms with van der Waals surface area (Å²) in [5, 5.41) is 8.81. The first kappa shape index (κ1) is 25.3. The maximum absolute atomic E-state index is 12.8. The molecule has 2 atom stereocenters. The summed E-state index contributed by atoms with van der Waals surface area (Å²) >= 11 is 0. The average molecular weight is 458 g/mol. The van der Waals surface area contributed by atoms with Gasteiger partial charge in [0.15, 0.2) is 20.0 Å². The van der Waals surface area contributed by atoms with Gasteiger partial charge in [-0.15, -0.1) is 0 Å². The lowest BCUT2D eigenvalue weighted by molar-refractivity contribution is -0.146. The highest BCUT2D eigenvalue weighted by Crippen LogP contribution is 2.50. The zero-order valence-electron chi connectivity index (χ0n) is 18.4. The summed E-state index contributed by atoms with van der Waals surface area (Å²) in [6, 6.07) is 5.95. The molecule has 10 heteroatoms. The highest BCUT2D eigenvalue weighted by Gasteiger charge is 2.33. The Labute approximate surface area is 182 Å². The molecule has 0 spiro atoms. The maximum Gasteiger partial charge on any atom is 0.478 e. The van der Waals surface area contributed by atoms with Crippen LogP contribution < -0.4 is 4.74 Å². The zero-order chi connectivity index (χ0) is 23.0. The quantitative estimate of drug-likeness (QED) is 0.245. The molecule has 0 aliphatic heterocycles. The normalized spacial score (nSPS) is 16.5. The van der Waals surface area contributed by atoms with Crippen LogP contribution in [0.3, 0.4) is 0 Å². The molecule has 31 heavy (non-hydrogen) atoms. The number of hydrogen-bond acceptors (Lipinski definition) is 8. The summed E-state index contributed by atoms with van der Waals surface area (Å²) in [4.78, 5) is 22.3. The Bertz CT molecular complexity index is 804. The number of carbonyl (C=O) groups is 2. The number of phosphoric ester groups is 1. The van der Waals surface area contributed by atoms with E-state index in [1.165, 1.54) is 12.8 Å². The molecule has 1 fully saturated rings. The van der Waals surface area contributed by atoms with Gasteiger partial charge >= 0.3 is 19.8 Å². The van der Waals surface area contributed by atoms with E-state index >= 15 is 0 Å². The van der Waals surface area contributed by atoms with Gasteiger partial charge in [-0.3, -0.25) is 9.05 Å². The maximum atomic E-state index is 12.8. The molecule has 0 aromatic heterocycles. The van der Waals surface area contributed by atoms with Crippen LogP contribution in [0.15, 0.2) is 18.2 Å². The topological polar surface area (TPSA) is 118 Å². The first-order chi connectivity index (χ1) is 14.7.